The lowest BCUT2D eigenvalue weighted by Crippen LogP contribution is -2.21. The number of hydrogen-bond acceptors (Lipinski definition) is 2. The van der Waals surface area contributed by atoms with Gasteiger partial charge in [0.15, 0.2) is 0 Å². The van der Waals surface area contributed by atoms with Crippen LogP contribution in [0.2, 0.25) is 0 Å². The van der Waals surface area contributed by atoms with Gasteiger partial charge < -0.3 is 9.88 Å². The van der Waals surface area contributed by atoms with Crippen molar-refractivity contribution in [1.29, 1.82) is 0 Å². The summed E-state index contributed by atoms with van der Waals surface area (Å²) in [7, 11) is 3.68. The molecule has 0 unspecified atom stereocenters. The van der Waals surface area contributed by atoms with E-state index in [0.717, 1.165) is 33.8 Å². The summed E-state index contributed by atoms with van der Waals surface area (Å²) < 4.78 is 4.19. The van der Waals surface area contributed by atoms with Crippen LogP contribution in [0.5, 0.6) is 0 Å². The average Bonchev–Trinajstić information content (AvgIpc) is 3.12. The lowest BCUT2D eigenvalue weighted by molar-refractivity contribution is -0.120. The monoisotopic (exact) mass is 332 g/mol. The Balaban J connectivity index is 2.09. The Morgan fingerprint density at radius 1 is 1.12 bits per heavy atom. The zero-order valence-corrected chi connectivity index (χ0v) is 14.6. The lowest BCUT2D eigenvalue weighted by atomic mass is 10.1. The number of fused-ring (bicyclic) bond motifs is 3. The van der Waals surface area contributed by atoms with Gasteiger partial charge in [-0.25, -0.2) is 4.98 Å². The van der Waals surface area contributed by atoms with Gasteiger partial charge in [0, 0.05) is 19.7 Å². The number of carbonyl (C=O) groups is 1. The highest BCUT2D eigenvalue weighted by molar-refractivity contribution is 5.87. The molecule has 0 aliphatic heterocycles. The molecule has 0 fully saturated rings. The molecule has 0 saturated heterocycles. The van der Waals surface area contributed by atoms with Crippen LogP contribution in [0.4, 0.5) is 0 Å². The third-order valence-corrected chi connectivity index (χ3v) is 4.64. The molecule has 0 aliphatic carbocycles. The van der Waals surface area contributed by atoms with E-state index in [1.807, 2.05) is 37.4 Å². The first kappa shape index (κ1) is 15.4. The molecule has 25 heavy (non-hydrogen) atoms. The third kappa shape index (κ3) is 2.39. The van der Waals surface area contributed by atoms with Crippen molar-refractivity contribution >= 4 is 22.7 Å². The molecular formula is C20H20N4O. The van der Waals surface area contributed by atoms with E-state index >= 15 is 0 Å². The van der Waals surface area contributed by atoms with Crippen molar-refractivity contribution in [1.82, 2.24) is 19.3 Å². The first-order valence-corrected chi connectivity index (χ1v) is 8.32. The molecule has 4 rings (SSSR count). The smallest absolute Gasteiger partial charge is 0.225 e. The van der Waals surface area contributed by atoms with Crippen LogP contribution in [0.1, 0.15) is 11.3 Å². The van der Waals surface area contributed by atoms with Crippen molar-refractivity contribution in [2.24, 2.45) is 7.05 Å². The number of benzene rings is 2. The second-order valence-corrected chi connectivity index (χ2v) is 6.31. The molecule has 0 atom stereocenters. The van der Waals surface area contributed by atoms with Crippen molar-refractivity contribution < 1.29 is 4.79 Å². The zero-order valence-electron chi connectivity index (χ0n) is 14.6. The normalized spacial score (nSPS) is 11.3. The predicted octanol–water partition coefficient (Wildman–Crippen LogP) is 3.09. The first-order valence-electron chi connectivity index (χ1n) is 8.32. The van der Waals surface area contributed by atoms with Crippen LogP contribution in [0.25, 0.3) is 28.1 Å². The molecule has 1 N–H and O–H groups in total. The van der Waals surface area contributed by atoms with E-state index in [2.05, 4.69) is 39.4 Å². The molecule has 1 amide bonds. The van der Waals surface area contributed by atoms with E-state index in [1.165, 1.54) is 5.56 Å². The maximum absolute atomic E-state index is 12.2. The van der Waals surface area contributed by atoms with Gasteiger partial charge >= 0.3 is 0 Å². The van der Waals surface area contributed by atoms with Crippen LogP contribution in [0.15, 0.2) is 48.5 Å². The fraction of sp³-hybridized carbons (Fsp3) is 0.200. The zero-order chi connectivity index (χ0) is 17.6. The van der Waals surface area contributed by atoms with Crippen LogP contribution in [-0.2, 0) is 18.3 Å². The number of aryl methyl sites for hydroxylation is 2. The minimum atomic E-state index is -0.0244. The molecule has 2 aromatic carbocycles. The van der Waals surface area contributed by atoms with E-state index in [-0.39, 0.29) is 12.3 Å². The summed E-state index contributed by atoms with van der Waals surface area (Å²) in [6.07, 6.45) is 0.287. The largest absolute Gasteiger partial charge is 0.359 e. The maximum atomic E-state index is 12.2. The Labute approximate surface area is 145 Å². The number of carbonyl (C=O) groups excluding carboxylic acids is 1. The number of likely N-dealkylation sites (N-methyl/N-ethyl adjacent to an activating group) is 1. The molecule has 126 valence electrons. The summed E-state index contributed by atoms with van der Waals surface area (Å²) in [6, 6.07) is 16.4. The van der Waals surface area contributed by atoms with E-state index in [9.17, 15) is 4.79 Å². The van der Waals surface area contributed by atoms with Gasteiger partial charge in [-0.3, -0.25) is 9.20 Å². The summed E-state index contributed by atoms with van der Waals surface area (Å²) in [4.78, 5) is 17.0. The van der Waals surface area contributed by atoms with Gasteiger partial charge in [-0.05, 0) is 24.6 Å². The fourth-order valence-corrected chi connectivity index (χ4v) is 3.35. The molecular weight excluding hydrogens is 312 g/mol. The van der Waals surface area contributed by atoms with Crippen molar-refractivity contribution in [2.45, 2.75) is 13.3 Å². The predicted molar refractivity (Wildman–Crippen MR) is 99.6 cm³/mol. The van der Waals surface area contributed by atoms with Gasteiger partial charge in [0.25, 0.3) is 0 Å². The molecule has 4 aromatic rings. The molecule has 0 aliphatic rings. The van der Waals surface area contributed by atoms with Crippen molar-refractivity contribution in [2.75, 3.05) is 7.05 Å². The molecule has 0 radical (unpaired) electrons. The summed E-state index contributed by atoms with van der Waals surface area (Å²) in [5.41, 5.74) is 6.15. The summed E-state index contributed by atoms with van der Waals surface area (Å²) in [6.45, 7) is 2.08. The van der Waals surface area contributed by atoms with Crippen LogP contribution in [-0.4, -0.2) is 26.9 Å². The number of amides is 1. The lowest BCUT2D eigenvalue weighted by Gasteiger charge is -2.05. The van der Waals surface area contributed by atoms with E-state index in [0.29, 0.717) is 0 Å². The second kappa shape index (κ2) is 5.77. The van der Waals surface area contributed by atoms with Crippen LogP contribution in [0.3, 0.4) is 0 Å². The Morgan fingerprint density at radius 2 is 1.88 bits per heavy atom. The second-order valence-electron chi connectivity index (χ2n) is 6.31. The van der Waals surface area contributed by atoms with Gasteiger partial charge in [-0.2, -0.15) is 0 Å². The highest BCUT2D eigenvalue weighted by atomic mass is 16.1. The first-order chi connectivity index (χ1) is 12.1. The third-order valence-electron chi connectivity index (χ3n) is 4.64. The maximum Gasteiger partial charge on any atom is 0.225 e. The summed E-state index contributed by atoms with van der Waals surface area (Å²) in [5, 5.41) is 2.73. The molecule has 0 saturated carbocycles. The van der Waals surface area contributed by atoms with Gasteiger partial charge in [-0.1, -0.05) is 36.4 Å². The summed E-state index contributed by atoms with van der Waals surface area (Å²) >= 11 is 0. The number of rotatable bonds is 3. The summed E-state index contributed by atoms with van der Waals surface area (Å²) in [5.74, 6) is 0.821. The minimum Gasteiger partial charge on any atom is -0.359 e. The van der Waals surface area contributed by atoms with Crippen LogP contribution in [0, 0.1) is 6.92 Å². The van der Waals surface area contributed by atoms with Crippen molar-refractivity contribution in [3.05, 3.63) is 59.8 Å². The Bertz CT molecular complexity index is 1090. The number of nitrogens with zero attached hydrogens (tertiary/aromatic N) is 3. The van der Waals surface area contributed by atoms with E-state index in [1.54, 1.807) is 7.05 Å². The van der Waals surface area contributed by atoms with E-state index < -0.39 is 0 Å². The molecule has 2 aromatic heterocycles. The van der Waals surface area contributed by atoms with Gasteiger partial charge in [0.05, 0.1) is 28.8 Å². The highest BCUT2D eigenvalue weighted by Crippen LogP contribution is 2.30. The van der Waals surface area contributed by atoms with Crippen LogP contribution < -0.4 is 5.32 Å². The highest BCUT2D eigenvalue weighted by Gasteiger charge is 2.21. The minimum absolute atomic E-state index is 0.0244. The number of hydrogen-bond donors (Lipinski definition) is 1. The SMILES string of the molecule is CNC(=O)Cc1c(-c2ccccc2)nc2n(C)c3ccc(C)cc3n12. The number of nitrogens with one attached hydrogen (secondary N) is 1. The van der Waals surface area contributed by atoms with Gasteiger partial charge in [0.2, 0.25) is 11.7 Å². The van der Waals surface area contributed by atoms with Crippen molar-refractivity contribution in [3.63, 3.8) is 0 Å². The Morgan fingerprint density at radius 3 is 2.60 bits per heavy atom. The van der Waals surface area contributed by atoms with E-state index in [4.69, 9.17) is 4.98 Å². The number of aromatic nitrogens is 3. The van der Waals surface area contributed by atoms with Crippen molar-refractivity contribution in [3.8, 4) is 11.3 Å². The van der Waals surface area contributed by atoms with Crippen LogP contribution >= 0.6 is 0 Å². The quantitative estimate of drug-likeness (QED) is 0.627. The molecule has 2 heterocycles. The number of imidazole rings is 2. The molecule has 0 spiro atoms. The molecule has 0 bridgehead atoms. The van der Waals surface area contributed by atoms with Gasteiger partial charge in [0.1, 0.15) is 0 Å². The molecule has 5 nitrogen and oxygen atoms in total. The standard InChI is InChI=1S/C20H20N4O/c1-13-9-10-15-16(11-13)24-17(12-18(25)21-2)19(22-20(24)23(15)3)14-7-5-4-6-8-14/h4-11H,12H2,1-3H3,(H,21,25). The Kier molecular flexibility index (Phi) is 3.57. The average molecular weight is 332 g/mol. The topological polar surface area (TPSA) is 51.3 Å². The molecule has 5 heteroatoms. The Hall–Kier alpha value is -3.08. The fourth-order valence-electron chi connectivity index (χ4n) is 3.35. The van der Waals surface area contributed by atoms with Gasteiger partial charge in [-0.15, -0.1) is 0 Å².